The molecule has 4 aromatic carbocycles. The molecule has 190 valence electrons. The predicted molar refractivity (Wildman–Crippen MR) is 164 cm³/mol. The third-order valence-corrected chi connectivity index (χ3v) is 8.22. The summed E-state index contributed by atoms with van der Waals surface area (Å²) >= 11 is 0. The monoisotopic (exact) mass is 494 g/mol. The normalized spacial score (nSPS) is 14.7. The highest BCUT2D eigenvalue weighted by Crippen LogP contribution is 2.51. The lowest BCUT2D eigenvalue weighted by atomic mass is 9.74. The molecular formula is C38H38. The van der Waals surface area contributed by atoms with Crippen molar-refractivity contribution in [2.75, 3.05) is 0 Å². The molecule has 0 bridgehead atoms. The van der Waals surface area contributed by atoms with Gasteiger partial charge in [0.25, 0.3) is 0 Å². The maximum Gasteiger partial charge on any atom is 0.0214 e. The van der Waals surface area contributed by atoms with Crippen molar-refractivity contribution in [3.8, 4) is 33.4 Å². The van der Waals surface area contributed by atoms with E-state index in [1.807, 2.05) is 0 Å². The smallest absolute Gasteiger partial charge is 0.0214 e. The average Bonchev–Trinajstić information content (AvgIpc) is 3.55. The van der Waals surface area contributed by atoms with Crippen LogP contribution >= 0.6 is 0 Å². The first-order valence-corrected chi connectivity index (χ1v) is 14.0. The van der Waals surface area contributed by atoms with Crippen LogP contribution in [0.5, 0.6) is 0 Å². The Morgan fingerprint density at radius 3 is 1.71 bits per heavy atom. The van der Waals surface area contributed by atoms with Gasteiger partial charge in [-0.05, 0) is 96.6 Å². The Morgan fingerprint density at radius 2 is 1.13 bits per heavy atom. The maximum absolute atomic E-state index is 2.53. The van der Waals surface area contributed by atoms with Crippen LogP contribution in [0.1, 0.15) is 75.3 Å². The van der Waals surface area contributed by atoms with E-state index in [0.717, 1.165) is 6.42 Å². The molecule has 0 saturated heterocycles. The van der Waals surface area contributed by atoms with Gasteiger partial charge in [-0.3, -0.25) is 0 Å². The standard InChI is InChI=1S/C38H38/c1-37(2,3)33-23-29-28(21-30(33)25-15-9-7-10-16-25)22-32-31(29)24-34(38(4,5)6)36(27-17-11-8-12-18-27)35(32)26-19-13-14-20-26/h7-21,23-24,26H,22H2,1-6H3. The molecule has 2 aliphatic carbocycles. The molecule has 0 amide bonds. The van der Waals surface area contributed by atoms with E-state index in [2.05, 4.69) is 145 Å². The molecule has 0 fully saturated rings. The highest BCUT2D eigenvalue weighted by Gasteiger charge is 2.33. The van der Waals surface area contributed by atoms with Gasteiger partial charge in [0, 0.05) is 5.92 Å². The van der Waals surface area contributed by atoms with E-state index >= 15 is 0 Å². The minimum Gasteiger partial charge on any atom is -0.0732 e. The molecule has 0 aromatic heterocycles. The van der Waals surface area contributed by atoms with E-state index in [0.29, 0.717) is 5.92 Å². The molecule has 4 aromatic rings. The lowest BCUT2D eigenvalue weighted by Gasteiger charge is -2.29. The van der Waals surface area contributed by atoms with Crippen molar-refractivity contribution in [3.63, 3.8) is 0 Å². The van der Waals surface area contributed by atoms with Crippen molar-refractivity contribution in [3.05, 3.63) is 131 Å². The number of fused-ring (bicyclic) bond motifs is 3. The molecule has 0 atom stereocenters. The van der Waals surface area contributed by atoms with Crippen LogP contribution in [0.3, 0.4) is 0 Å². The fraction of sp³-hybridized carbons (Fsp3) is 0.263. The van der Waals surface area contributed by atoms with Gasteiger partial charge in [-0.1, -0.05) is 127 Å². The van der Waals surface area contributed by atoms with Crippen LogP contribution in [0.25, 0.3) is 33.4 Å². The topological polar surface area (TPSA) is 0 Å². The molecule has 0 saturated carbocycles. The summed E-state index contributed by atoms with van der Waals surface area (Å²) in [5.74, 6) is 0.297. The van der Waals surface area contributed by atoms with Crippen molar-refractivity contribution in [2.45, 2.75) is 64.7 Å². The predicted octanol–water partition coefficient (Wildman–Crippen LogP) is 10.4. The summed E-state index contributed by atoms with van der Waals surface area (Å²) in [6, 6.07) is 29.5. The highest BCUT2D eigenvalue weighted by molar-refractivity contribution is 5.89. The largest absolute Gasteiger partial charge is 0.0732 e. The molecule has 0 heterocycles. The number of hydrogen-bond donors (Lipinski definition) is 0. The summed E-state index contributed by atoms with van der Waals surface area (Å²) in [6.07, 6.45) is 10.1. The van der Waals surface area contributed by atoms with Crippen LogP contribution in [-0.4, -0.2) is 0 Å². The van der Waals surface area contributed by atoms with Crippen molar-refractivity contribution < 1.29 is 0 Å². The van der Waals surface area contributed by atoms with Crippen molar-refractivity contribution in [2.24, 2.45) is 0 Å². The second-order valence-electron chi connectivity index (χ2n) is 13.0. The number of benzene rings is 4. The highest BCUT2D eigenvalue weighted by atomic mass is 14.4. The molecule has 38 heavy (non-hydrogen) atoms. The number of hydrogen-bond acceptors (Lipinski definition) is 0. The van der Waals surface area contributed by atoms with E-state index in [1.54, 1.807) is 0 Å². The van der Waals surface area contributed by atoms with Crippen molar-refractivity contribution in [1.82, 2.24) is 0 Å². The Kier molecular flexibility index (Phi) is 5.84. The minimum absolute atomic E-state index is 0.0145. The second kappa shape index (κ2) is 8.98. The molecule has 0 spiro atoms. The van der Waals surface area contributed by atoms with Crippen molar-refractivity contribution in [1.29, 1.82) is 0 Å². The maximum atomic E-state index is 2.53. The number of rotatable bonds is 3. The van der Waals surface area contributed by atoms with E-state index in [1.165, 1.54) is 61.2 Å². The SMILES string of the molecule is CC(C)(C)c1cc2c(cc1-c1ccccc1)Cc1c-2cc(C(C)(C)C)c(-c2ccccc2)c1C1C=CC=C1. The lowest BCUT2D eigenvalue weighted by molar-refractivity contribution is 0.590. The van der Waals surface area contributed by atoms with Crippen LogP contribution in [0, 0.1) is 0 Å². The Balaban J connectivity index is 1.67. The second-order valence-corrected chi connectivity index (χ2v) is 13.0. The van der Waals surface area contributed by atoms with Crippen LogP contribution in [0.15, 0.2) is 103 Å². The van der Waals surface area contributed by atoms with Gasteiger partial charge < -0.3 is 0 Å². The lowest BCUT2D eigenvalue weighted by Crippen LogP contribution is -2.16. The van der Waals surface area contributed by atoms with Gasteiger partial charge in [-0.15, -0.1) is 0 Å². The van der Waals surface area contributed by atoms with Gasteiger partial charge in [0.05, 0.1) is 0 Å². The zero-order chi connectivity index (χ0) is 26.7. The molecule has 6 rings (SSSR count). The fourth-order valence-electron chi connectivity index (χ4n) is 6.38. The molecule has 0 aliphatic heterocycles. The van der Waals surface area contributed by atoms with Crippen LogP contribution in [-0.2, 0) is 17.3 Å². The molecular weight excluding hydrogens is 456 g/mol. The summed E-state index contributed by atoms with van der Waals surface area (Å²) < 4.78 is 0. The molecule has 0 N–H and O–H groups in total. The van der Waals surface area contributed by atoms with Crippen LogP contribution in [0.4, 0.5) is 0 Å². The third-order valence-electron chi connectivity index (χ3n) is 8.22. The van der Waals surface area contributed by atoms with Crippen LogP contribution < -0.4 is 0 Å². The van der Waals surface area contributed by atoms with E-state index in [-0.39, 0.29) is 10.8 Å². The Hall–Kier alpha value is -3.64. The van der Waals surface area contributed by atoms with Crippen molar-refractivity contribution >= 4 is 0 Å². The number of allylic oxidation sites excluding steroid dienone is 4. The van der Waals surface area contributed by atoms with E-state index < -0.39 is 0 Å². The van der Waals surface area contributed by atoms with Gasteiger partial charge in [0.2, 0.25) is 0 Å². The first-order valence-electron chi connectivity index (χ1n) is 14.0. The van der Waals surface area contributed by atoms with Gasteiger partial charge in [-0.25, -0.2) is 0 Å². The summed E-state index contributed by atoms with van der Waals surface area (Å²) in [5.41, 5.74) is 15.6. The summed E-state index contributed by atoms with van der Waals surface area (Å²) in [7, 11) is 0. The Bertz CT molecular complexity index is 1550. The molecule has 0 heteroatoms. The van der Waals surface area contributed by atoms with Gasteiger partial charge in [0.15, 0.2) is 0 Å². The average molecular weight is 495 g/mol. The summed E-state index contributed by atoms with van der Waals surface area (Å²) in [4.78, 5) is 0. The molecule has 2 aliphatic rings. The minimum atomic E-state index is 0.0145. The van der Waals surface area contributed by atoms with E-state index in [4.69, 9.17) is 0 Å². The Labute approximate surface area is 228 Å². The Morgan fingerprint density at radius 1 is 0.579 bits per heavy atom. The fourth-order valence-corrected chi connectivity index (χ4v) is 6.38. The molecule has 0 nitrogen and oxygen atoms in total. The first-order chi connectivity index (χ1) is 18.1. The zero-order valence-corrected chi connectivity index (χ0v) is 23.6. The quantitative estimate of drug-likeness (QED) is 0.234. The molecule has 0 unspecified atom stereocenters. The molecule has 0 radical (unpaired) electrons. The van der Waals surface area contributed by atoms with Crippen LogP contribution in [0.2, 0.25) is 0 Å². The van der Waals surface area contributed by atoms with E-state index in [9.17, 15) is 0 Å². The zero-order valence-electron chi connectivity index (χ0n) is 23.6. The van der Waals surface area contributed by atoms with Gasteiger partial charge in [0.1, 0.15) is 0 Å². The van der Waals surface area contributed by atoms with Gasteiger partial charge >= 0.3 is 0 Å². The summed E-state index contributed by atoms with van der Waals surface area (Å²) in [5, 5.41) is 0. The third kappa shape index (κ3) is 4.17. The summed E-state index contributed by atoms with van der Waals surface area (Å²) in [6.45, 7) is 14.1. The first kappa shape index (κ1) is 24.7. The van der Waals surface area contributed by atoms with Gasteiger partial charge in [-0.2, -0.15) is 0 Å².